The third-order valence-electron chi connectivity index (χ3n) is 5.59. The van der Waals surface area contributed by atoms with E-state index in [1.54, 1.807) is 5.01 Å². The third-order valence-corrected chi connectivity index (χ3v) is 5.59. The first-order valence-electron chi connectivity index (χ1n) is 11.4. The van der Waals surface area contributed by atoms with Crippen LogP contribution in [0.5, 0.6) is 0 Å². The van der Waals surface area contributed by atoms with Gasteiger partial charge in [-0.25, -0.2) is 10.8 Å². The first-order valence-corrected chi connectivity index (χ1v) is 11.4. The summed E-state index contributed by atoms with van der Waals surface area (Å²) >= 11 is 0. The maximum atomic E-state index is 6.15. The molecule has 2 unspecified atom stereocenters. The molecule has 2 aliphatic heterocycles. The Morgan fingerprint density at radius 1 is 1.27 bits per heavy atom. The van der Waals surface area contributed by atoms with Crippen molar-refractivity contribution in [2.24, 2.45) is 11.6 Å². The molecule has 0 spiro atoms. The lowest BCUT2D eigenvalue weighted by Gasteiger charge is -2.33. The van der Waals surface area contributed by atoms with E-state index in [0.29, 0.717) is 18.6 Å². The Bertz CT molecular complexity index is 663. The SMILES string of the molecule is CC.CC(C)OCCCC/C(N)=C/N(N)Cc1cccc(N2CC3CC2CN3C)n1. The molecule has 2 atom stereocenters. The molecule has 170 valence electrons. The summed E-state index contributed by atoms with van der Waals surface area (Å²) in [6.07, 6.45) is 6.19. The number of likely N-dealkylation sites (N-methyl/N-ethyl adjacent to an activating group) is 1. The number of hydrogen-bond donors (Lipinski definition) is 2. The zero-order valence-corrected chi connectivity index (χ0v) is 19.6. The number of piperazine rings is 1. The van der Waals surface area contributed by atoms with Crippen LogP contribution in [0.2, 0.25) is 0 Å². The van der Waals surface area contributed by atoms with Crippen LogP contribution >= 0.6 is 0 Å². The number of nitrogens with two attached hydrogens (primary N) is 2. The van der Waals surface area contributed by atoms with Crippen LogP contribution in [-0.2, 0) is 11.3 Å². The number of unbranched alkanes of at least 4 members (excludes halogenated alkanes) is 1. The molecule has 2 saturated heterocycles. The van der Waals surface area contributed by atoms with Crippen LogP contribution in [0.3, 0.4) is 0 Å². The summed E-state index contributed by atoms with van der Waals surface area (Å²) in [5, 5.41) is 1.63. The number of likely N-dealkylation sites (tertiary alicyclic amines) is 1. The van der Waals surface area contributed by atoms with E-state index in [-0.39, 0.29) is 6.10 Å². The van der Waals surface area contributed by atoms with E-state index in [9.17, 15) is 0 Å². The summed E-state index contributed by atoms with van der Waals surface area (Å²) in [5.41, 5.74) is 7.88. The molecule has 3 rings (SSSR count). The Hall–Kier alpha value is -1.83. The normalized spacial score (nSPS) is 21.2. The van der Waals surface area contributed by atoms with Gasteiger partial charge in [0.25, 0.3) is 0 Å². The maximum absolute atomic E-state index is 6.15. The van der Waals surface area contributed by atoms with Crippen LogP contribution in [0.4, 0.5) is 5.82 Å². The molecule has 2 fully saturated rings. The standard InChI is InChI=1S/C21H36N6O.C2H6/c1-16(2)28-10-5-4-7-17(22)12-26(23)13-18-8-6-9-21(24-18)27-15-19-11-20(27)14-25(19)3;1-2/h6,8-9,12,16,19-20H,4-5,7,10-11,13-15,22-23H2,1-3H3;1-2H3/b17-12-;. The number of hydrogen-bond acceptors (Lipinski definition) is 7. The van der Waals surface area contributed by atoms with Gasteiger partial charge < -0.3 is 20.4 Å². The van der Waals surface area contributed by atoms with Gasteiger partial charge in [0, 0.05) is 43.7 Å². The smallest absolute Gasteiger partial charge is 0.129 e. The Morgan fingerprint density at radius 3 is 2.67 bits per heavy atom. The van der Waals surface area contributed by atoms with Gasteiger partial charge in [-0.1, -0.05) is 19.9 Å². The third kappa shape index (κ3) is 7.15. The Balaban J connectivity index is 0.00000155. The lowest BCUT2D eigenvalue weighted by Crippen LogP contribution is -2.45. The Labute approximate surface area is 183 Å². The lowest BCUT2D eigenvalue weighted by atomic mass is 10.2. The van der Waals surface area contributed by atoms with Gasteiger partial charge in [0.05, 0.1) is 18.3 Å². The number of ether oxygens (including phenoxy) is 1. The number of aromatic nitrogens is 1. The van der Waals surface area contributed by atoms with Crippen molar-refractivity contribution in [3.8, 4) is 0 Å². The van der Waals surface area contributed by atoms with Crippen LogP contribution in [0.25, 0.3) is 0 Å². The van der Waals surface area contributed by atoms with Crippen molar-refractivity contribution >= 4 is 5.82 Å². The van der Waals surface area contributed by atoms with E-state index >= 15 is 0 Å². The minimum absolute atomic E-state index is 0.285. The number of pyridine rings is 1. The molecule has 0 amide bonds. The number of nitrogens with zero attached hydrogens (tertiary/aromatic N) is 4. The van der Waals surface area contributed by atoms with Crippen LogP contribution in [0.1, 0.15) is 59.1 Å². The summed E-state index contributed by atoms with van der Waals surface area (Å²) in [6.45, 7) is 11.6. The molecule has 0 aliphatic carbocycles. The molecular formula is C23H42N6O. The van der Waals surface area contributed by atoms with E-state index in [1.807, 2.05) is 26.1 Å². The molecule has 7 nitrogen and oxygen atoms in total. The van der Waals surface area contributed by atoms with Gasteiger partial charge in [-0.15, -0.1) is 0 Å². The van der Waals surface area contributed by atoms with Gasteiger partial charge in [0.2, 0.25) is 0 Å². The monoisotopic (exact) mass is 418 g/mol. The molecule has 4 N–H and O–H groups in total. The highest BCUT2D eigenvalue weighted by Gasteiger charge is 2.41. The van der Waals surface area contributed by atoms with Crippen LogP contribution in [0.15, 0.2) is 30.1 Å². The molecular weight excluding hydrogens is 376 g/mol. The first-order chi connectivity index (χ1) is 14.4. The van der Waals surface area contributed by atoms with Gasteiger partial charge in [-0.3, -0.25) is 4.90 Å². The highest BCUT2D eigenvalue weighted by molar-refractivity contribution is 5.44. The quantitative estimate of drug-likeness (QED) is 0.343. The molecule has 3 heterocycles. The van der Waals surface area contributed by atoms with E-state index in [4.69, 9.17) is 21.3 Å². The highest BCUT2D eigenvalue weighted by atomic mass is 16.5. The Morgan fingerprint density at radius 2 is 2.03 bits per heavy atom. The van der Waals surface area contributed by atoms with Gasteiger partial charge in [-0.05, 0) is 58.7 Å². The van der Waals surface area contributed by atoms with Crippen molar-refractivity contribution in [3.63, 3.8) is 0 Å². The number of fused-ring (bicyclic) bond motifs is 2. The van der Waals surface area contributed by atoms with Crippen LogP contribution < -0.4 is 16.5 Å². The van der Waals surface area contributed by atoms with Gasteiger partial charge in [-0.2, -0.15) is 0 Å². The minimum atomic E-state index is 0.285. The zero-order chi connectivity index (χ0) is 22.1. The second-order valence-electron chi connectivity index (χ2n) is 8.38. The first kappa shape index (κ1) is 24.4. The van der Waals surface area contributed by atoms with Gasteiger partial charge in [0.15, 0.2) is 0 Å². The second-order valence-corrected chi connectivity index (χ2v) is 8.38. The molecule has 30 heavy (non-hydrogen) atoms. The molecule has 7 heteroatoms. The minimum Gasteiger partial charge on any atom is -0.401 e. The molecule has 2 aliphatic rings. The van der Waals surface area contributed by atoms with Gasteiger partial charge >= 0.3 is 0 Å². The summed E-state index contributed by atoms with van der Waals surface area (Å²) < 4.78 is 5.55. The Kier molecular flexibility index (Phi) is 9.88. The molecule has 2 bridgehead atoms. The van der Waals surface area contributed by atoms with Crippen molar-refractivity contribution in [2.45, 2.75) is 78.1 Å². The fourth-order valence-corrected chi connectivity index (χ4v) is 4.12. The number of anilines is 1. The fraction of sp³-hybridized carbons (Fsp3) is 0.696. The largest absolute Gasteiger partial charge is 0.401 e. The van der Waals surface area contributed by atoms with Gasteiger partial charge in [0.1, 0.15) is 5.82 Å². The van der Waals surface area contributed by atoms with Crippen LogP contribution in [-0.4, -0.2) is 59.8 Å². The van der Waals surface area contributed by atoms with E-state index < -0.39 is 0 Å². The molecule has 1 aromatic heterocycles. The van der Waals surface area contributed by atoms with Crippen molar-refractivity contribution in [1.29, 1.82) is 0 Å². The maximum Gasteiger partial charge on any atom is 0.129 e. The highest BCUT2D eigenvalue weighted by Crippen LogP contribution is 2.32. The predicted octanol–water partition coefficient (Wildman–Crippen LogP) is 3.07. The zero-order valence-electron chi connectivity index (χ0n) is 19.6. The predicted molar refractivity (Wildman–Crippen MR) is 125 cm³/mol. The number of hydrazine groups is 1. The van der Waals surface area contributed by atoms with E-state index in [1.165, 1.54) is 6.42 Å². The molecule has 1 aromatic rings. The lowest BCUT2D eigenvalue weighted by molar-refractivity contribution is 0.0760. The molecule has 0 aromatic carbocycles. The van der Waals surface area contributed by atoms with Crippen molar-refractivity contribution in [2.75, 3.05) is 31.6 Å². The topological polar surface area (TPSA) is 83.9 Å². The number of rotatable bonds is 10. The summed E-state index contributed by atoms with van der Waals surface area (Å²) in [7, 11) is 2.21. The average Bonchev–Trinajstić information content (AvgIpc) is 3.28. The summed E-state index contributed by atoms with van der Waals surface area (Å²) in [5.74, 6) is 7.21. The van der Waals surface area contributed by atoms with Crippen molar-refractivity contribution in [3.05, 3.63) is 35.8 Å². The fourth-order valence-electron chi connectivity index (χ4n) is 4.12. The van der Waals surface area contributed by atoms with E-state index in [2.05, 4.69) is 42.8 Å². The summed E-state index contributed by atoms with van der Waals surface area (Å²) in [6, 6.07) is 7.45. The number of allylic oxidation sites excluding steroid dienone is 1. The molecule has 0 radical (unpaired) electrons. The van der Waals surface area contributed by atoms with E-state index in [0.717, 1.165) is 56.2 Å². The summed E-state index contributed by atoms with van der Waals surface area (Å²) in [4.78, 5) is 9.74. The second kappa shape index (κ2) is 12.1. The average molecular weight is 419 g/mol. The van der Waals surface area contributed by atoms with Crippen molar-refractivity contribution in [1.82, 2.24) is 14.9 Å². The van der Waals surface area contributed by atoms with Crippen molar-refractivity contribution < 1.29 is 4.74 Å². The van der Waals surface area contributed by atoms with Crippen LogP contribution in [0, 0.1) is 0 Å². The molecule has 0 saturated carbocycles.